The number of aliphatic carboxylic acids is 3. The van der Waals surface area contributed by atoms with Crippen LogP contribution in [0.25, 0.3) is 0 Å². The van der Waals surface area contributed by atoms with Crippen LogP contribution < -0.4 is 20.6 Å². The molecule has 1 rings (SSSR count). The maximum Gasteiger partial charge on any atom is 0.326 e. The zero-order chi connectivity index (χ0) is 28.3. The van der Waals surface area contributed by atoms with Crippen molar-refractivity contribution in [3.63, 3.8) is 0 Å². The quantitative estimate of drug-likeness (QED) is 0.0870. The summed E-state index contributed by atoms with van der Waals surface area (Å²) < 4.78 is 1.82. The van der Waals surface area contributed by atoms with E-state index in [1.54, 1.807) is 0 Å². The summed E-state index contributed by atoms with van der Waals surface area (Å²) in [7, 11) is 0. The van der Waals surface area contributed by atoms with Crippen LogP contribution in [0.1, 0.15) is 83.2 Å². The minimum Gasteiger partial charge on any atom is -0.481 e. The van der Waals surface area contributed by atoms with E-state index in [1.165, 1.54) is 0 Å². The fourth-order valence-corrected chi connectivity index (χ4v) is 3.67. The lowest BCUT2D eigenvalue weighted by molar-refractivity contribution is -0.754. The van der Waals surface area contributed by atoms with Crippen molar-refractivity contribution in [3.8, 4) is 0 Å². The summed E-state index contributed by atoms with van der Waals surface area (Å²) in [5.41, 5.74) is 0.796. The molecule has 214 valence electrons. The maximum absolute atomic E-state index is 12.1. The lowest BCUT2D eigenvalue weighted by Gasteiger charge is -2.14. The van der Waals surface area contributed by atoms with Crippen LogP contribution in [0, 0.1) is 0 Å². The van der Waals surface area contributed by atoms with Gasteiger partial charge in [0.25, 0.3) is 0 Å². The highest BCUT2D eigenvalue weighted by Gasteiger charge is 2.21. The van der Waals surface area contributed by atoms with Crippen molar-refractivity contribution in [3.05, 3.63) is 11.9 Å². The molecule has 1 aromatic heterocycles. The van der Waals surface area contributed by atoms with Crippen molar-refractivity contribution in [2.24, 2.45) is 0 Å². The zero-order valence-corrected chi connectivity index (χ0v) is 21.9. The number of nitrogens with one attached hydrogen (secondary N) is 4. The summed E-state index contributed by atoms with van der Waals surface area (Å²) in [4.78, 5) is 56.9. The molecule has 0 aromatic carbocycles. The number of carboxylic acids is 3. The van der Waals surface area contributed by atoms with E-state index < -0.39 is 36.0 Å². The standard InChI is InChI=1S/C24H40N6O8/c1-2-3-5-10-18(22(34)35)26-20(31)11-8-9-17-16-30(29-28-17)15-7-4-6-14-25-24(38)27-19(23(36)37)12-13-21(32)33/h16,18-19H,2-15H2,1H3,(H6,25,26,27,31,32,33,34,35,36,37,38)/p+1/t18?,19-/m0/s1. The number of carbonyl (C=O) groups excluding carboxylic acids is 2. The number of carbonyl (C=O) groups is 5. The molecule has 0 fully saturated rings. The number of carboxylic acid groups (broad SMARTS) is 3. The fraction of sp³-hybridized carbons (Fsp3) is 0.708. The fourth-order valence-electron chi connectivity index (χ4n) is 3.67. The first kappa shape index (κ1) is 32.3. The summed E-state index contributed by atoms with van der Waals surface area (Å²) in [5.74, 6) is -3.71. The predicted molar refractivity (Wildman–Crippen MR) is 134 cm³/mol. The van der Waals surface area contributed by atoms with Gasteiger partial charge in [0.1, 0.15) is 18.6 Å². The Morgan fingerprint density at radius 2 is 1.61 bits per heavy atom. The molecule has 0 aliphatic heterocycles. The Balaban J connectivity index is 2.21. The van der Waals surface area contributed by atoms with Gasteiger partial charge in [-0.3, -0.25) is 9.59 Å². The van der Waals surface area contributed by atoms with Gasteiger partial charge in [0.2, 0.25) is 11.6 Å². The molecule has 1 aromatic rings. The van der Waals surface area contributed by atoms with Crippen LogP contribution >= 0.6 is 0 Å². The van der Waals surface area contributed by atoms with Crippen molar-refractivity contribution in [1.82, 2.24) is 26.3 Å². The third-order valence-electron chi connectivity index (χ3n) is 5.80. The second kappa shape index (κ2) is 18.5. The van der Waals surface area contributed by atoms with Gasteiger partial charge in [-0.1, -0.05) is 31.4 Å². The summed E-state index contributed by atoms with van der Waals surface area (Å²) in [6.07, 6.45) is 8.03. The highest BCUT2D eigenvalue weighted by molar-refractivity contribution is 5.83. The van der Waals surface area contributed by atoms with Gasteiger partial charge in [-0.15, -0.1) is 0 Å². The van der Waals surface area contributed by atoms with Crippen molar-refractivity contribution in [1.29, 1.82) is 0 Å². The number of aromatic nitrogens is 3. The molecular weight excluding hydrogens is 500 g/mol. The normalized spacial score (nSPS) is 12.3. The predicted octanol–water partition coefficient (Wildman–Crippen LogP) is 0.957. The Morgan fingerprint density at radius 3 is 2.26 bits per heavy atom. The largest absolute Gasteiger partial charge is 0.481 e. The Labute approximate surface area is 221 Å². The van der Waals surface area contributed by atoms with E-state index in [0.717, 1.165) is 37.8 Å². The van der Waals surface area contributed by atoms with E-state index in [1.807, 2.05) is 17.8 Å². The van der Waals surface area contributed by atoms with Crippen LogP contribution in [0.2, 0.25) is 0 Å². The van der Waals surface area contributed by atoms with Gasteiger partial charge in [-0.05, 0) is 38.5 Å². The van der Waals surface area contributed by atoms with Gasteiger partial charge in [-0.25, -0.2) is 14.4 Å². The third kappa shape index (κ3) is 14.8. The maximum atomic E-state index is 12.1. The van der Waals surface area contributed by atoms with Crippen molar-refractivity contribution in [2.45, 2.75) is 103 Å². The van der Waals surface area contributed by atoms with Gasteiger partial charge in [0, 0.05) is 30.9 Å². The number of unbranched alkanes of at least 4 members (excludes halogenated alkanes) is 4. The second-order valence-corrected chi connectivity index (χ2v) is 9.12. The second-order valence-electron chi connectivity index (χ2n) is 9.12. The average molecular weight is 542 g/mol. The van der Waals surface area contributed by atoms with Gasteiger partial charge in [0.05, 0.1) is 0 Å². The van der Waals surface area contributed by atoms with Crippen LogP contribution in [0.4, 0.5) is 4.79 Å². The number of H-pyrrole nitrogens is 1. The number of aryl methyl sites for hydroxylation is 2. The number of hydrogen-bond donors (Lipinski definition) is 7. The monoisotopic (exact) mass is 541 g/mol. The Hall–Kier alpha value is -3.71. The van der Waals surface area contributed by atoms with E-state index in [4.69, 9.17) is 10.2 Å². The van der Waals surface area contributed by atoms with Crippen molar-refractivity contribution < 1.29 is 44.0 Å². The smallest absolute Gasteiger partial charge is 0.326 e. The number of urea groups is 1. The molecule has 2 atom stereocenters. The van der Waals surface area contributed by atoms with Crippen LogP contribution in [-0.2, 0) is 32.1 Å². The van der Waals surface area contributed by atoms with E-state index in [-0.39, 0.29) is 25.2 Å². The van der Waals surface area contributed by atoms with E-state index >= 15 is 0 Å². The molecule has 0 saturated heterocycles. The van der Waals surface area contributed by atoms with Crippen molar-refractivity contribution >= 4 is 29.8 Å². The topological polar surface area (TPSA) is 215 Å². The molecule has 3 amide bonds. The van der Waals surface area contributed by atoms with Crippen LogP contribution in [0.5, 0.6) is 0 Å². The minimum atomic E-state index is -1.29. The van der Waals surface area contributed by atoms with Gasteiger partial charge < -0.3 is 31.3 Å². The number of amides is 3. The lowest BCUT2D eigenvalue weighted by Crippen LogP contribution is -2.46. The Kier molecular flexibility index (Phi) is 15.8. The summed E-state index contributed by atoms with van der Waals surface area (Å²) in [5, 5.41) is 41.5. The minimum absolute atomic E-state index is 0.195. The lowest BCUT2D eigenvalue weighted by atomic mass is 10.1. The molecule has 38 heavy (non-hydrogen) atoms. The van der Waals surface area contributed by atoms with Crippen molar-refractivity contribution in [2.75, 3.05) is 6.54 Å². The third-order valence-corrected chi connectivity index (χ3v) is 5.80. The highest BCUT2D eigenvalue weighted by Crippen LogP contribution is 2.06. The van der Waals surface area contributed by atoms with Crippen LogP contribution in [0.15, 0.2) is 6.20 Å². The average Bonchev–Trinajstić information content (AvgIpc) is 3.30. The molecule has 0 aliphatic carbocycles. The van der Waals surface area contributed by atoms with Gasteiger partial charge in [-0.2, -0.15) is 4.68 Å². The number of nitrogens with zero attached hydrogens (tertiary/aromatic N) is 2. The number of hydrogen-bond acceptors (Lipinski definition) is 6. The number of rotatable bonds is 21. The first-order valence-electron chi connectivity index (χ1n) is 13.1. The van der Waals surface area contributed by atoms with E-state index in [2.05, 4.69) is 26.3 Å². The molecule has 14 nitrogen and oxygen atoms in total. The SMILES string of the molecule is CCCCCC(NC(=O)CCCc1c[n+](CCCCCNC(=O)N[C@@H](CCC(=O)O)C(=O)O)[nH]n1)C(=O)O. The Morgan fingerprint density at radius 1 is 0.895 bits per heavy atom. The highest BCUT2D eigenvalue weighted by atomic mass is 16.4. The molecule has 1 heterocycles. The molecule has 14 heteroatoms. The molecular formula is C24H41N6O8+. The zero-order valence-electron chi connectivity index (χ0n) is 21.9. The first-order chi connectivity index (χ1) is 18.1. The van der Waals surface area contributed by atoms with E-state index in [0.29, 0.717) is 38.8 Å². The molecule has 0 aliphatic rings. The molecule has 1 unspecified atom stereocenters. The summed E-state index contributed by atoms with van der Waals surface area (Å²) in [6.45, 7) is 3.05. The van der Waals surface area contributed by atoms with Crippen LogP contribution in [0.3, 0.4) is 0 Å². The molecule has 0 bridgehead atoms. The summed E-state index contributed by atoms with van der Waals surface area (Å²) in [6, 6.07) is -2.76. The summed E-state index contributed by atoms with van der Waals surface area (Å²) >= 11 is 0. The van der Waals surface area contributed by atoms with Crippen LogP contribution in [-0.4, -0.2) is 74.1 Å². The Bertz CT molecular complexity index is 906. The number of aromatic amines is 1. The first-order valence-corrected chi connectivity index (χ1v) is 13.1. The van der Waals surface area contributed by atoms with E-state index in [9.17, 15) is 29.1 Å². The van der Waals surface area contributed by atoms with Gasteiger partial charge in [0.15, 0.2) is 6.20 Å². The van der Waals surface area contributed by atoms with Gasteiger partial charge >= 0.3 is 23.9 Å². The molecule has 0 radical (unpaired) electrons. The molecule has 0 spiro atoms. The molecule has 7 N–H and O–H groups in total. The molecule has 0 saturated carbocycles.